The fourth-order valence-electron chi connectivity index (χ4n) is 2.34. The topological polar surface area (TPSA) is 69.8 Å². The summed E-state index contributed by atoms with van der Waals surface area (Å²) in [7, 11) is 0. The van der Waals surface area contributed by atoms with E-state index in [4.69, 9.17) is 10.8 Å². The number of amides is 1. The second-order valence-corrected chi connectivity index (χ2v) is 4.99. The van der Waals surface area contributed by atoms with Crippen LogP contribution in [0.1, 0.15) is 32.6 Å². The van der Waals surface area contributed by atoms with E-state index in [0.717, 1.165) is 51.9 Å². The van der Waals surface area contributed by atoms with Gasteiger partial charge in [0.25, 0.3) is 0 Å². The van der Waals surface area contributed by atoms with Crippen LogP contribution in [0.15, 0.2) is 0 Å². The van der Waals surface area contributed by atoms with Crippen LogP contribution in [0.2, 0.25) is 0 Å². The Balaban J connectivity index is 2.39. The minimum absolute atomic E-state index is 0.0919. The summed E-state index contributed by atoms with van der Waals surface area (Å²) in [4.78, 5) is 16.2. The van der Waals surface area contributed by atoms with Gasteiger partial charge in [-0.1, -0.05) is 19.8 Å². The predicted molar refractivity (Wildman–Crippen MR) is 72.2 cm³/mol. The van der Waals surface area contributed by atoms with Crippen LogP contribution in [0.5, 0.6) is 0 Å². The summed E-state index contributed by atoms with van der Waals surface area (Å²) in [6.45, 7) is 6.31. The minimum Gasteiger partial charge on any atom is -0.395 e. The molecule has 5 heteroatoms. The summed E-state index contributed by atoms with van der Waals surface area (Å²) in [5, 5.41) is 8.93. The maximum absolute atomic E-state index is 12.2. The van der Waals surface area contributed by atoms with E-state index < -0.39 is 0 Å². The van der Waals surface area contributed by atoms with Gasteiger partial charge in [0.15, 0.2) is 0 Å². The Morgan fingerprint density at radius 3 is 2.78 bits per heavy atom. The third-order valence-electron chi connectivity index (χ3n) is 3.50. The Bertz CT molecular complexity index is 248. The van der Waals surface area contributed by atoms with Crippen molar-refractivity contribution in [3.8, 4) is 0 Å². The highest BCUT2D eigenvalue weighted by atomic mass is 16.3. The van der Waals surface area contributed by atoms with E-state index in [9.17, 15) is 4.79 Å². The number of nitrogens with two attached hydrogens (primary N) is 1. The van der Waals surface area contributed by atoms with Crippen LogP contribution in [-0.2, 0) is 4.79 Å². The first-order valence-electron chi connectivity index (χ1n) is 7.06. The minimum atomic E-state index is -0.339. The number of rotatable bonds is 6. The summed E-state index contributed by atoms with van der Waals surface area (Å²) in [5.41, 5.74) is 5.93. The lowest BCUT2D eigenvalue weighted by atomic mass is 10.1. The van der Waals surface area contributed by atoms with Crippen molar-refractivity contribution in [1.29, 1.82) is 0 Å². The summed E-state index contributed by atoms with van der Waals surface area (Å²) >= 11 is 0. The third-order valence-corrected chi connectivity index (χ3v) is 3.50. The number of aliphatic hydroxyl groups excluding tert-OH is 1. The largest absolute Gasteiger partial charge is 0.395 e. The van der Waals surface area contributed by atoms with E-state index in [1.807, 2.05) is 4.90 Å². The van der Waals surface area contributed by atoms with Gasteiger partial charge in [-0.15, -0.1) is 0 Å². The first kappa shape index (κ1) is 15.4. The Morgan fingerprint density at radius 1 is 1.33 bits per heavy atom. The van der Waals surface area contributed by atoms with Gasteiger partial charge in [-0.3, -0.25) is 9.69 Å². The molecule has 1 fully saturated rings. The van der Waals surface area contributed by atoms with Gasteiger partial charge in [0.2, 0.25) is 5.91 Å². The van der Waals surface area contributed by atoms with E-state index in [2.05, 4.69) is 11.8 Å². The van der Waals surface area contributed by atoms with Gasteiger partial charge in [-0.2, -0.15) is 0 Å². The zero-order valence-corrected chi connectivity index (χ0v) is 11.5. The molecule has 0 spiro atoms. The number of β-amino-alcohol motifs (C(OH)–C–C–N with tert-alkyl or cyclic N) is 1. The molecule has 0 bridgehead atoms. The molecule has 1 rings (SSSR count). The van der Waals surface area contributed by atoms with Gasteiger partial charge in [-0.05, 0) is 19.4 Å². The first-order valence-corrected chi connectivity index (χ1v) is 7.06. The van der Waals surface area contributed by atoms with Gasteiger partial charge in [0.1, 0.15) is 0 Å². The molecule has 3 N–H and O–H groups in total. The van der Waals surface area contributed by atoms with Gasteiger partial charge < -0.3 is 15.7 Å². The SMILES string of the molecule is CCCCC(N)C(=O)N1CCCN(CCO)CC1. The summed E-state index contributed by atoms with van der Waals surface area (Å²) in [6.07, 6.45) is 3.83. The number of carbonyl (C=O) groups is 1. The maximum atomic E-state index is 12.2. The van der Waals surface area contributed by atoms with Crippen LogP contribution >= 0.6 is 0 Å². The van der Waals surface area contributed by atoms with Crippen molar-refractivity contribution in [2.45, 2.75) is 38.6 Å². The van der Waals surface area contributed by atoms with Gasteiger partial charge in [0.05, 0.1) is 12.6 Å². The second-order valence-electron chi connectivity index (χ2n) is 4.99. The molecule has 1 atom stereocenters. The Hall–Kier alpha value is -0.650. The van der Waals surface area contributed by atoms with Gasteiger partial charge >= 0.3 is 0 Å². The quantitative estimate of drug-likeness (QED) is 0.704. The van der Waals surface area contributed by atoms with Crippen molar-refractivity contribution in [2.24, 2.45) is 5.73 Å². The van der Waals surface area contributed by atoms with Crippen LogP contribution in [0, 0.1) is 0 Å². The molecule has 1 aliphatic heterocycles. The molecule has 0 aromatic carbocycles. The van der Waals surface area contributed by atoms with Gasteiger partial charge in [-0.25, -0.2) is 0 Å². The van der Waals surface area contributed by atoms with Crippen molar-refractivity contribution in [2.75, 3.05) is 39.3 Å². The number of aliphatic hydroxyl groups is 1. The number of carbonyl (C=O) groups excluding carboxylic acids is 1. The number of hydrogen-bond donors (Lipinski definition) is 2. The fraction of sp³-hybridized carbons (Fsp3) is 0.923. The zero-order valence-electron chi connectivity index (χ0n) is 11.5. The highest BCUT2D eigenvalue weighted by molar-refractivity contribution is 5.81. The lowest BCUT2D eigenvalue weighted by Crippen LogP contribution is -2.45. The van der Waals surface area contributed by atoms with Gasteiger partial charge in [0, 0.05) is 26.2 Å². The van der Waals surface area contributed by atoms with Crippen molar-refractivity contribution in [3.05, 3.63) is 0 Å². The lowest BCUT2D eigenvalue weighted by Gasteiger charge is -2.24. The van der Waals surface area contributed by atoms with Crippen molar-refractivity contribution < 1.29 is 9.90 Å². The molecule has 5 nitrogen and oxygen atoms in total. The fourth-order valence-corrected chi connectivity index (χ4v) is 2.34. The number of nitrogens with zero attached hydrogens (tertiary/aromatic N) is 2. The summed E-state index contributed by atoms with van der Waals surface area (Å²) < 4.78 is 0. The Labute approximate surface area is 110 Å². The van der Waals surface area contributed by atoms with E-state index in [1.54, 1.807) is 0 Å². The predicted octanol–water partition coefficient (Wildman–Crippen LogP) is 0.0305. The molecule has 1 heterocycles. The monoisotopic (exact) mass is 257 g/mol. The summed E-state index contributed by atoms with van der Waals surface area (Å²) in [5.74, 6) is 0.0919. The molecule has 0 saturated carbocycles. The van der Waals surface area contributed by atoms with Crippen LogP contribution in [-0.4, -0.2) is 66.2 Å². The van der Waals surface area contributed by atoms with Crippen LogP contribution in [0.4, 0.5) is 0 Å². The Kier molecular flexibility index (Phi) is 7.23. The highest BCUT2D eigenvalue weighted by Gasteiger charge is 2.22. The normalized spacial score (nSPS) is 19.6. The molecule has 0 radical (unpaired) electrons. The number of unbranched alkanes of at least 4 members (excludes halogenated alkanes) is 1. The molecule has 18 heavy (non-hydrogen) atoms. The van der Waals surface area contributed by atoms with Crippen LogP contribution in [0.25, 0.3) is 0 Å². The second kappa shape index (κ2) is 8.45. The van der Waals surface area contributed by atoms with E-state index in [-0.39, 0.29) is 18.6 Å². The van der Waals surface area contributed by atoms with Crippen molar-refractivity contribution in [3.63, 3.8) is 0 Å². The molecular weight excluding hydrogens is 230 g/mol. The molecular formula is C13H27N3O2. The molecule has 106 valence electrons. The van der Waals surface area contributed by atoms with E-state index in [1.165, 1.54) is 0 Å². The van der Waals surface area contributed by atoms with Crippen molar-refractivity contribution in [1.82, 2.24) is 9.80 Å². The van der Waals surface area contributed by atoms with E-state index >= 15 is 0 Å². The standard InChI is InChI=1S/C13H27N3O2/c1-2-3-5-12(14)13(18)16-7-4-6-15(8-9-16)10-11-17/h12,17H,2-11,14H2,1H3. The molecule has 0 aromatic heterocycles. The zero-order chi connectivity index (χ0) is 13.4. The Morgan fingerprint density at radius 2 is 2.11 bits per heavy atom. The molecule has 0 aliphatic carbocycles. The maximum Gasteiger partial charge on any atom is 0.239 e. The van der Waals surface area contributed by atoms with Crippen LogP contribution in [0.3, 0.4) is 0 Å². The molecule has 1 aliphatic rings. The summed E-state index contributed by atoms with van der Waals surface area (Å²) in [6, 6.07) is -0.339. The first-order chi connectivity index (χ1) is 8.69. The third kappa shape index (κ3) is 4.92. The lowest BCUT2D eigenvalue weighted by molar-refractivity contribution is -0.132. The highest BCUT2D eigenvalue weighted by Crippen LogP contribution is 2.07. The molecule has 1 unspecified atom stereocenters. The van der Waals surface area contributed by atoms with Crippen molar-refractivity contribution >= 4 is 5.91 Å². The van der Waals surface area contributed by atoms with Crippen LogP contribution < -0.4 is 5.73 Å². The van der Waals surface area contributed by atoms with E-state index in [0.29, 0.717) is 6.54 Å². The molecule has 1 saturated heterocycles. The molecule has 1 amide bonds. The molecule has 0 aromatic rings. The smallest absolute Gasteiger partial charge is 0.239 e. The number of hydrogen-bond acceptors (Lipinski definition) is 4. The average molecular weight is 257 g/mol. The average Bonchev–Trinajstić information content (AvgIpc) is 2.61.